The molecule has 142 valence electrons. The first-order valence-corrected chi connectivity index (χ1v) is 9.18. The second kappa shape index (κ2) is 8.25. The summed E-state index contributed by atoms with van der Waals surface area (Å²) in [5.41, 5.74) is 1.86. The second-order valence-electron chi connectivity index (χ2n) is 6.99. The fourth-order valence-electron chi connectivity index (χ4n) is 3.43. The molecule has 0 bridgehead atoms. The molecule has 1 aliphatic carbocycles. The molecule has 1 N–H and O–H groups in total. The summed E-state index contributed by atoms with van der Waals surface area (Å²) >= 11 is 0. The molecule has 0 saturated heterocycles. The van der Waals surface area contributed by atoms with Crippen molar-refractivity contribution < 1.29 is 19.1 Å². The van der Waals surface area contributed by atoms with Crippen LogP contribution in [0.4, 0.5) is 0 Å². The van der Waals surface area contributed by atoms with E-state index in [4.69, 9.17) is 9.47 Å². The average molecular weight is 367 g/mol. The van der Waals surface area contributed by atoms with E-state index in [1.54, 1.807) is 18.2 Å². The highest BCUT2D eigenvalue weighted by atomic mass is 16.5. The summed E-state index contributed by atoms with van der Waals surface area (Å²) in [6.45, 7) is 2.01. The lowest BCUT2D eigenvalue weighted by Gasteiger charge is -2.42. The third-order valence-corrected chi connectivity index (χ3v) is 5.25. The zero-order valence-electron chi connectivity index (χ0n) is 15.8. The summed E-state index contributed by atoms with van der Waals surface area (Å²) in [7, 11) is 1.51. The van der Waals surface area contributed by atoms with E-state index in [9.17, 15) is 9.59 Å². The van der Waals surface area contributed by atoms with Crippen LogP contribution < -0.4 is 14.8 Å². The summed E-state index contributed by atoms with van der Waals surface area (Å²) < 4.78 is 10.9. The SMILES string of the molecule is COc1cc(C(C)=O)ccc1OCC(=O)NCC1(c2ccccc2)CCC1. The zero-order valence-corrected chi connectivity index (χ0v) is 15.8. The quantitative estimate of drug-likeness (QED) is 0.725. The minimum absolute atomic E-state index is 0.0394. The van der Waals surface area contributed by atoms with E-state index in [0.717, 1.165) is 12.8 Å². The van der Waals surface area contributed by atoms with Crippen molar-refractivity contribution in [3.63, 3.8) is 0 Å². The van der Waals surface area contributed by atoms with Gasteiger partial charge in [-0.2, -0.15) is 0 Å². The molecule has 0 aliphatic heterocycles. The Balaban J connectivity index is 1.56. The van der Waals surface area contributed by atoms with Gasteiger partial charge in [0, 0.05) is 17.5 Å². The van der Waals surface area contributed by atoms with Crippen molar-refractivity contribution in [2.24, 2.45) is 0 Å². The number of ketones is 1. The van der Waals surface area contributed by atoms with Gasteiger partial charge in [-0.05, 0) is 43.5 Å². The van der Waals surface area contributed by atoms with Crippen molar-refractivity contribution in [3.05, 3.63) is 59.7 Å². The molecule has 1 aliphatic rings. The highest BCUT2D eigenvalue weighted by Gasteiger charge is 2.38. The van der Waals surface area contributed by atoms with E-state index < -0.39 is 0 Å². The Bertz CT molecular complexity index is 812. The van der Waals surface area contributed by atoms with Crippen LogP contribution in [0, 0.1) is 0 Å². The van der Waals surface area contributed by atoms with E-state index in [1.807, 2.05) is 18.2 Å². The monoisotopic (exact) mass is 367 g/mol. The molecule has 1 saturated carbocycles. The lowest BCUT2D eigenvalue weighted by molar-refractivity contribution is -0.123. The minimum Gasteiger partial charge on any atom is -0.493 e. The van der Waals surface area contributed by atoms with Crippen molar-refractivity contribution in [2.75, 3.05) is 20.3 Å². The van der Waals surface area contributed by atoms with Gasteiger partial charge in [-0.1, -0.05) is 36.8 Å². The largest absolute Gasteiger partial charge is 0.493 e. The van der Waals surface area contributed by atoms with Crippen molar-refractivity contribution in [1.82, 2.24) is 5.32 Å². The maximum atomic E-state index is 12.3. The fraction of sp³-hybridized carbons (Fsp3) is 0.364. The number of carbonyl (C=O) groups excluding carboxylic acids is 2. The molecule has 0 aromatic heterocycles. The smallest absolute Gasteiger partial charge is 0.257 e. The number of rotatable bonds is 8. The summed E-state index contributed by atoms with van der Waals surface area (Å²) in [6.07, 6.45) is 3.35. The zero-order chi connectivity index (χ0) is 19.3. The van der Waals surface area contributed by atoms with Crippen LogP contribution in [0.5, 0.6) is 11.5 Å². The maximum absolute atomic E-state index is 12.3. The number of ether oxygens (including phenoxy) is 2. The number of nitrogens with one attached hydrogen (secondary N) is 1. The van der Waals surface area contributed by atoms with Gasteiger partial charge in [0.2, 0.25) is 0 Å². The molecule has 27 heavy (non-hydrogen) atoms. The Labute approximate surface area is 159 Å². The molecular weight excluding hydrogens is 342 g/mol. The van der Waals surface area contributed by atoms with Crippen LogP contribution in [0.25, 0.3) is 0 Å². The first-order chi connectivity index (χ1) is 13.0. The van der Waals surface area contributed by atoms with Crippen molar-refractivity contribution in [3.8, 4) is 11.5 Å². The van der Waals surface area contributed by atoms with Gasteiger partial charge in [-0.3, -0.25) is 9.59 Å². The number of benzene rings is 2. The molecule has 5 nitrogen and oxygen atoms in total. The number of methoxy groups -OCH3 is 1. The molecule has 3 rings (SSSR count). The van der Waals surface area contributed by atoms with E-state index in [2.05, 4.69) is 17.4 Å². The molecule has 2 aromatic rings. The fourth-order valence-corrected chi connectivity index (χ4v) is 3.43. The molecule has 0 atom stereocenters. The van der Waals surface area contributed by atoms with Gasteiger partial charge in [0.05, 0.1) is 7.11 Å². The van der Waals surface area contributed by atoms with Crippen LogP contribution in [0.2, 0.25) is 0 Å². The normalized spacial score (nSPS) is 14.7. The van der Waals surface area contributed by atoms with Crippen molar-refractivity contribution >= 4 is 11.7 Å². The van der Waals surface area contributed by atoms with E-state index in [1.165, 1.54) is 26.0 Å². The average Bonchev–Trinajstić information content (AvgIpc) is 2.66. The summed E-state index contributed by atoms with van der Waals surface area (Å²) in [6, 6.07) is 15.3. The maximum Gasteiger partial charge on any atom is 0.257 e. The second-order valence-corrected chi connectivity index (χ2v) is 6.99. The van der Waals surface area contributed by atoms with Crippen LogP contribution in [-0.2, 0) is 10.2 Å². The molecule has 0 spiro atoms. The van der Waals surface area contributed by atoms with Crippen LogP contribution in [-0.4, -0.2) is 32.0 Å². The van der Waals surface area contributed by atoms with Crippen LogP contribution in [0.1, 0.15) is 42.1 Å². The number of amides is 1. The standard InChI is InChI=1S/C22H25NO4/c1-16(24)17-9-10-19(20(13-17)26-2)27-14-21(25)23-15-22(11-6-12-22)18-7-4-3-5-8-18/h3-5,7-10,13H,6,11-12,14-15H2,1-2H3,(H,23,25). The molecule has 1 amide bonds. The number of hydrogen-bond acceptors (Lipinski definition) is 4. The lowest BCUT2D eigenvalue weighted by Crippen LogP contribution is -2.46. The first-order valence-electron chi connectivity index (χ1n) is 9.18. The lowest BCUT2D eigenvalue weighted by atomic mass is 9.64. The summed E-state index contributed by atoms with van der Waals surface area (Å²) in [5, 5.41) is 3.00. The van der Waals surface area contributed by atoms with E-state index in [-0.39, 0.29) is 23.7 Å². The third-order valence-electron chi connectivity index (χ3n) is 5.25. The minimum atomic E-state index is -0.171. The van der Waals surface area contributed by atoms with Crippen LogP contribution >= 0.6 is 0 Å². The molecule has 0 unspecified atom stereocenters. The summed E-state index contributed by atoms with van der Waals surface area (Å²) in [4.78, 5) is 23.7. The van der Waals surface area contributed by atoms with Gasteiger partial charge in [-0.15, -0.1) is 0 Å². The predicted molar refractivity (Wildman–Crippen MR) is 103 cm³/mol. The van der Waals surface area contributed by atoms with Crippen LogP contribution in [0.15, 0.2) is 48.5 Å². The van der Waals surface area contributed by atoms with Gasteiger partial charge < -0.3 is 14.8 Å². The van der Waals surface area contributed by atoms with Gasteiger partial charge >= 0.3 is 0 Å². The molecule has 0 radical (unpaired) electrons. The van der Waals surface area contributed by atoms with Gasteiger partial charge in [-0.25, -0.2) is 0 Å². The Kier molecular flexibility index (Phi) is 5.79. The molecule has 2 aromatic carbocycles. The first kappa shape index (κ1) is 19.0. The Morgan fingerprint density at radius 1 is 1.07 bits per heavy atom. The topological polar surface area (TPSA) is 64.6 Å². The summed E-state index contributed by atoms with van der Waals surface area (Å²) in [5.74, 6) is 0.661. The third kappa shape index (κ3) is 4.30. The van der Waals surface area contributed by atoms with Gasteiger partial charge in [0.25, 0.3) is 5.91 Å². The number of carbonyl (C=O) groups is 2. The highest BCUT2D eigenvalue weighted by molar-refractivity contribution is 5.94. The van der Waals surface area contributed by atoms with Crippen molar-refractivity contribution in [1.29, 1.82) is 0 Å². The molecular formula is C22H25NO4. The Morgan fingerprint density at radius 3 is 2.41 bits per heavy atom. The Hall–Kier alpha value is -2.82. The van der Waals surface area contributed by atoms with E-state index >= 15 is 0 Å². The van der Waals surface area contributed by atoms with Gasteiger partial charge in [0.1, 0.15) is 0 Å². The molecule has 5 heteroatoms. The number of hydrogen-bond donors (Lipinski definition) is 1. The molecule has 0 heterocycles. The van der Waals surface area contributed by atoms with Crippen molar-refractivity contribution in [2.45, 2.75) is 31.6 Å². The number of Topliss-reactive ketones (excluding diaryl/α,β-unsaturated/α-hetero) is 1. The predicted octanol–water partition coefficient (Wildman–Crippen LogP) is 3.51. The van der Waals surface area contributed by atoms with Crippen LogP contribution in [0.3, 0.4) is 0 Å². The molecule has 1 fully saturated rings. The highest BCUT2D eigenvalue weighted by Crippen LogP contribution is 2.43. The Morgan fingerprint density at radius 2 is 1.81 bits per heavy atom. The van der Waals surface area contributed by atoms with Gasteiger partial charge in [0.15, 0.2) is 23.9 Å². The van der Waals surface area contributed by atoms with E-state index in [0.29, 0.717) is 23.6 Å².